The molecule has 6 nitrogen and oxygen atoms in total. The van der Waals surface area contributed by atoms with Gasteiger partial charge in [-0.05, 0) is 51.5 Å². The largest absolute Gasteiger partial charge is 0.333 e. The van der Waals surface area contributed by atoms with Gasteiger partial charge in [-0.1, -0.05) is 6.92 Å². The highest BCUT2D eigenvalue weighted by molar-refractivity contribution is 7.89. The molecule has 0 aromatic heterocycles. The van der Waals surface area contributed by atoms with E-state index in [1.54, 1.807) is 12.1 Å². The standard InChI is InChI=1S/C17H27N3O3S/c1-5-12(2)19-24(22,23)16-8-6-15(7-9-16)17(21)20-11-10-18-13(3)14(20)4/h6-9,12-14,18-19H,5,10-11H2,1-4H3. The summed E-state index contributed by atoms with van der Waals surface area (Å²) >= 11 is 0. The number of amides is 1. The van der Waals surface area contributed by atoms with Crippen LogP contribution in [0.15, 0.2) is 29.2 Å². The number of nitrogens with zero attached hydrogens (tertiary/aromatic N) is 1. The number of hydrogen-bond donors (Lipinski definition) is 2. The number of rotatable bonds is 5. The van der Waals surface area contributed by atoms with Crippen molar-refractivity contribution in [1.29, 1.82) is 0 Å². The third kappa shape index (κ3) is 4.15. The van der Waals surface area contributed by atoms with Crippen LogP contribution in [-0.4, -0.2) is 50.4 Å². The monoisotopic (exact) mass is 353 g/mol. The zero-order chi connectivity index (χ0) is 17.9. The van der Waals surface area contributed by atoms with Crippen LogP contribution in [0.25, 0.3) is 0 Å². The van der Waals surface area contributed by atoms with E-state index in [1.165, 1.54) is 12.1 Å². The summed E-state index contributed by atoms with van der Waals surface area (Å²) in [5.74, 6) is -0.0605. The lowest BCUT2D eigenvalue weighted by molar-refractivity contribution is 0.0603. The number of nitrogens with one attached hydrogen (secondary N) is 2. The molecule has 2 N–H and O–H groups in total. The van der Waals surface area contributed by atoms with Crippen LogP contribution in [0.5, 0.6) is 0 Å². The van der Waals surface area contributed by atoms with E-state index >= 15 is 0 Å². The molecule has 7 heteroatoms. The Labute approximate surface area is 144 Å². The first-order valence-electron chi connectivity index (χ1n) is 8.43. The molecule has 1 aliphatic heterocycles. The summed E-state index contributed by atoms with van der Waals surface area (Å²) in [4.78, 5) is 14.7. The maximum atomic E-state index is 12.7. The van der Waals surface area contributed by atoms with Crippen molar-refractivity contribution in [2.45, 2.75) is 57.1 Å². The molecule has 0 bridgehead atoms. The molecule has 1 aromatic rings. The van der Waals surface area contributed by atoms with Crippen LogP contribution in [0.3, 0.4) is 0 Å². The smallest absolute Gasteiger partial charge is 0.254 e. The molecule has 2 rings (SSSR count). The van der Waals surface area contributed by atoms with Crippen LogP contribution in [0.4, 0.5) is 0 Å². The van der Waals surface area contributed by atoms with E-state index in [1.807, 2.05) is 25.7 Å². The summed E-state index contributed by atoms with van der Waals surface area (Å²) in [7, 11) is -3.54. The molecule has 1 saturated heterocycles. The molecular formula is C17H27N3O3S. The zero-order valence-corrected chi connectivity index (χ0v) is 15.6. The summed E-state index contributed by atoms with van der Waals surface area (Å²) in [5, 5.41) is 3.34. The lowest BCUT2D eigenvalue weighted by Gasteiger charge is -2.38. The first-order chi connectivity index (χ1) is 11.3. The topological polar surface area (TPSA) is 78.5 Å². The first-order valence-corrected chi connectivity index (χ1v) is 9.91. The molecule has 134 valence electrons. The summed E-state index contributed by atoms with van der Waals surface area (Å²) in [6.07, 6.45) is 0.717. The van der Waals surface area contributed by atoms with Crippen molar-refractivity contribution < 1.29 is 13.2 Å². The van der Waals surface area contributed by atoms with Gasteiger partial charge < -0.3 is 10.2 Å². The molecule has 0 spiro atoms. The van der Waals surface area contributed by atoms with Gasteiger partial charge in [0.25, 0.3) is 5.91 Å². The van der Waals surface area contributed by atoms with Crippen molar-refractivity contribution in [1.82, 2.24) is 14.9 Å². The van der Waals surface area contributed by atoms with Crippen molar-refractivity contribution in [3.8, 4) is 0 Å². The van der Waals surface area contributed by atoms with Crippen molar-refractivity contribution >= 4 is 15.9 Å². The van der Waals surface area contributed by atoms with E-state index in [0.717, 1.165) is 13.0 Å². The molecule has 3 unspecified atom stereocenters. The van der Waals surface area contributed by atoms with E-state index in [0.29, 0.717) is 12.1 Å². The fourth-order valence-electron chi connectivity index (χ4n) is 2.70. The fourth-order valence-corrected chi connectivity index (χ4v) is 4.03. The lowest BCUT2D eigenvalue weighted by Crippen LogP contribution is -2.57. The number of piperazine rings is 1. The average Bonchev–Trinajstić information content (AvgIpc) is 2.56. The van der Waals surface area contributed by atoms with Gasteiger partial charge >= 0.3 is 0 Å². The molecule has 1 fully saturated rings. The van der Waals surface area contributed by atoms with Gasteiger partial charge in [0.05, 0.1) is 4.90 Å². The van der Waals surface area contributed by atoms with Gasteiger partial charge in [0, 0.05) is 36.8 Å². The maximum Gasteiger partial charge on any atom is 0.254 e. The Bertz CT molecular complexity index is 673. The number of sulfonamides is 1. The molecule has 1 aliphatic rings. The molecule has 1 heterocycles. The third-order valence-corrected chi connectivity index (χ3v) is 6.28. The average molecular weight is 353 g/mol. The summed E-state index contributed by atoms with van der Waals surface area (Å²) < 4.78 is 27.1. The Morgan fingerprint density at radius 3 is 2.54 bits per heavy atom. The fraction of sp³-hybridized carbons (Fsp3) is 0.588. The Morgan fingerprint density at radius 1 is 1.33 bits per heavy atom. The van der Waals surface area contributed by atoms with E-state index in [2.05, 4.69) is 17.0 Å². The quantitative estimate of drug-likeness (QED) is 0.842. The Kier molecular flexibility index (Phi) is 6.01. The van der Waals surface area contributed by atoms with Crippen LogP contribution in [-0.2, 0) is 10.0 Å². The highest BCUT2D eigenvalue weighted by atomic mass is 32.2. The van der Waals surface area contributed by atoms with Crippen LogP contribution in [0.2, 0.25) is 0 Å². The Morgan fingerprint density at radius 2 is 1.96 bits per heavy atom. The van der Waals surface area contributed by atoms with Gasteiger partial charge in [0.2, 0.25) is 10.0 Å². The lowest BCUT2D eigenvalue weighted by atomic mass is 10.1. The third-order valence-electron chi connectivity index (χ3n) is 4.68. The van der Waals surface area contributed by atoms with Gasteiger partial charge in [-0.15, -0.1) is 0 Å². The van der Waals surface area contributed by atoms with Gasteiger partial charge in [0.15, 0.2) is 0 Å². The molecule has 0 radical (unpaired) electrons. The van der Waals surface area contributed by atoms with E-state index in [9.17, 15) is 13.2 Å². The number of carbonyl (C=O) groups excluding carboxylic acids is 1. The van der Waals surface area contributed by atoms with Crippen molar-refractivity contribution in [2.24, 2.45) is 0 Å². The number of benzene rings is 1. The minimum absolute atomic E-state index is 0.0605. The van der Waals surface area contributed by atoms with E-state index in [-0.39, 0.29) is 28.9 Å². The van der Waals surface area contributed by atoms with Crippen molar-refractivity contribution in [2.75, 3.05) is 13.1 Å². The Balaban J connectivity index is 2.15. The summed E-state index contributed by atoms with van der Waals surface area (Å²) in [6, 6.07) is 6.38. The maximum absolute atomic E-state index is 12.7. The Hall–Kier alpha value is -1.44. The molecule has 1 amide bonds. The molecule has 3 atom stereocenters. The van der Waals surface area contributed by atoms with Gasteiger partial charge in [-0.3, -0.25) is 4.79 Å². The second-order valence-corrected chi connectivity index (χ2v) is 8.15. The predicted octanol–water partition coefficient (Wildman–Crippen LogP) is 1.59. The van der Waals surface area contributed by atoms with Gasteiger partial charge in [0.1, 0.15) is 0 Å². The first kappa shape index (κ1) is 18.9. The van der Waals surface area contributed by atoms with Gasteiger partial charge in [-0.2, -0.15) is 0 Å². The number of carbonyl (C=O) groups is 1. The van der Waals surface area contributed by atoms with Crippen molar-refractivity contribution in [3.05, 3.63) is 29.8 Å². The van der Waals surface area contributed by atoms with Crippen LogP contribution in [0.1, 0.15) is 44.5 Å². The minimum atomic E-state index is -3.54. The second-order valence-electron chi connectivity index (χ2n) is 6.44. The molecule has 1 aromatic carbocycles. The van der Waals surface area contributed by atoms with Crippen LogP contribution >= 0.6 is 0 Å². The SMILES string of the molecule is CCC(C)NS(=O)(=O)c1ccc(C(=O)N2CCNC(C)C2C)cc1. The van der Waals surface area contributed by atoms with Crippen LogP contribution in [0, 0.1) is 0 Å². The highest BCUT2D eigenvalue weighted by Crippen LogP contribution is 2.16. The van der Waals surface area contributed by atoms with Crippen molar-refractivity contribution in [3.63, 3.8) is 0 Å². The second kappa shape index (κ2) is 7.63. The minimum Gasteiger partial charge on any atom is -0.333 e. The molecular weight excluding hydrogens is 326 g/mol. The normalized spacial score (nSPS) is 23.1. The van der Waals surface area contributed by atoms with E-state index < -0.39 is 10.0 Å². The highest BCUT2D eigenvalue weighted by Gasteiger charge is 2.29. The molecule has 0 aliphatic carbocycles. The predicted molar refractivity (Wildman–Crippen MR) is 94.5 cm³/mol. The zero-order valence-electron chi connectivity index (χ0n) is 14.7. The van der Waals surface area contributed by atoms with E-state index in [4.69, 9.17) is 0 Å². The van der Waals surface area contributed by atoms with Gasteiger partial charge in [-0.25, -0.2) is 13.1 Å². The summed E-state index contributed by atoms with van der Waals surface area (Å²) in [5.41, 5.74) is 0.512. The molecule has 24 heavy (non-hydrogen) atoms. The number of hydrogen-bond acceptors (Lipinski definition) is 4. The summed E-state index contributed by atoms with van der Waals surface area (Å²) in [6.45, 7) is 9.24. The molecule has 0 saturated carbocycles. The van der Waals surface area contributed by atoms with Crippen LogP contribution < -0.4 is 10.0 Å².